The van der Waals surface area contributed by atoms with Gasteiger partial charge in [0.2, 0.25) is 0 Å². The molecule has 0 radical (unpaired) electrons. The van der Waals surface area contributed by atoms with Crippen LogP contribution in [0.5, 0.6) is 5.75 Å². The van der Waals surface area contributed by atoms with Gasteiger partial charge in [0.05, 0.1) is 6.61 Å². The van der Waals surface area contributed by atoms with Crippen LogP contribution in [0.1, 0.15) is 12.5 Å². The third kappa shape index (κ3) is 2.29. The molecule has 4 nitrogen and oxygen atoms in total. The van der Waals surface area contributed by atoms with E-state index in [-0.39, 0.29) is 5.56 Å². The Hall–Kier alpha value is -2.66. The molecule has 0 bridgehead atoms. The summed E-state index contributed by atoms with van der Waals surface area (Å²) in [5.74, 6) is 0.793. The summed E-state index contributed by atoms with van der Waals surface area (Å²) in [5.41, 5.74) is 2.78. The minimum absolute atomic E-state index is 0.00579. The average Bonchev–Trinajstić information content (AvgIpc) is 3.07. The van der Waals surface area contributed by atoms with Crippen LogP contribution in [0.25, 0.3) is 22.1 Å². The van der Waals surface area contributed by atoms with Gasteiger partial charge in [-0.3, -0.25) is 0 Å². The first kappa shape index (κ1) is 14.0. The van der Waals surface area contributed by atoms with E-state index in [0.717, 1.165) is 27.3 Å². The maximum absolute atomic E-state index is 12.8. The van der Waals surface area contributed by atoms with Crippen molar-refractivity contribution in [2.24, 2.45) is 0 Å². The van der Waals surface area contributed by atoms with Crippen molar-refractivity contribution < 1.29 is 9.72 Å². The van der Waals surface area contributed by atoms with Crippen molar-refractivity contribution in [3.63, 3.8) is 0 Å². The van der Waals surface area contributed by atoms with Crippen molar-refractivity contribution >= 4 is 33.4 Å². The van der Waals surface area contributed by atoms with Crippen LogP contribution in [0.3, 0.4) is 0 Å². The fourth-order valence-corrected chi connectivity index (χ4v) is 3.71. The van der Waals surface area contributed by atoms with E-state index in [9.17, 15) is 4.79 Å². The zero-order chi connectivity index (χ0) is 15.8. The molecule has 2 aromatic carbocycles. The summed E-state index contributed by atoms with van der Waals surface area (Å²) in [6, 6.07) is 15.6. The minimum Gasteiger partial charge on any atom is -0.493 e. The van der Waals surface area contributed by atoms with Crippen LogP contribution in [0.15, 0.2) is 53.3 Å². The number of rotatable bonds is 3. The number of H-pyrrole nitrogens is 1. The lowest BCUT2D eigenvalue weighted by atomic mass is 10.2. The summed E-state index contributed by atoms with van der Waals surface area (Å²) in [6.45, 7) is 2.55. The van der Waals surface area contributed by atoms with E-state index < -0.39 is 0 Å². The van der Waals surface area contributed by atoms with E-state index >= 15 is 0 Å². The summed E-state index contributed by atoms with van der Waals surface area (Å²) >= 11 is 1.46. The Kier molecular flexibility index (Phi) is 3.35. The van der Waals surface area contributed by atoms with Crippen molar-refractivity contribution in [3.05, 3.63) is 69.0 Å². The average molecular weight is 323 g/mol. The van der Waals surface area contributed by atoms with E-state index in [4.69, 9.17) is 4.74 Å². The Balaban J connectivity index is 1.96. The van der Waals surface area contributed by atoms with Gasteiger partial charge in [0.25, 0.3) is 0 Å². The number of nitrogens with one attached hydrogen (secondary N) is 1. The first-order chi connectivity index (χ1) is 11.3. The fourth-order valence-electron chi connectivity index (χ4n) is 2.70. The van der Waals surface area contributed by atoms with Crippen LogP contribution in [-0.4, -0.2) is 11.0 Å². The third-order valence-electron chi connectivity index (χ3n) is 3.72. The Morgan fingerprint density at radius 3 is 2.83 bits per heavy atom. The predicted molar refractivity (Wildman–Crippen MR) is 92.0 cm³/mol. The summed E-state index contributed by atoms with van der Waals surface area (Å²) in [6.07, 6.45) is 1.90. The number of benzene rings is 2. The molecule has 0 aliphatic rings. The highest BCUT2D eigenvalue weighted by Gasteiger charge is 2.18. The monoisotopic (exact) mass is 323 g/mol. The largest absolute Gasteiger partial charge is 0.493 e. The lowest BCUT2D eigenvalue weighted by Crippen LogP contribution is -2.22. The molecular weight excluding hydrogens is 308 g/mol. The van der Waals surface area contributed by atoms with Gasteiger partial charge in [-0.15, -0.1) is 4.40 Å². The minimum atomic E-state index is -0.00579. The highest BCUT2D eigenvalue weighted by Crippen LogP contribution is 2.19. The molecular formula is C18H15N2O2S+. The number of nitrogens with zero attached hydrogens (tertiary/aromatic N) is 1. The van der Waals surface area contributed by atoms with Crippen molar-refractivity contribution in [3.8, 4) is 5.75 Å². The summed E-state index contributed by atoms with van der Waals surface area (Å²) in [4.78, 5) is 16.9. The second kappa shape index (κ2) is 5.52. The maximum Gasteiger partial charge on any atom is 0.357 e. The normalized spacial score (nSPS) is 12.3. The highest BCUT2D eigenvalue weighted by molar-refractivity contribution is 7.14. The number of aromatic amines is 1. The van der Waals surface area contributed by atoms with Gasteiger partial charge < -0.3 is 4.74 Å². The topological polar surface area (TPSA) is 44.9 Å². The summed E-state index contributed by atoms with van der Waals surface area (Å²) < 4.78 is 8.05. The standard InChI is InChI=1S/C18H14N2O2S/c1-2-22-15-10-6-3-7-12(15)11-16-17(21)20-14-9-5-4-8-13(14)19-18(20)23-16/h3-11H,2H2,1H3/p+1. The first-order valence-corrected chi connectivity index (χ1v) is 8.28. The number of hydrogen-bond acceptors (Lipinski definition) is 3. The molecule has 0 saturated heterocycles. The predicted octanol–water partition coefficient (Wildman–Crippen LogP) is 2.27. The molecule has 5 heteroatoms. The van der Waals surface area contributed by atoms with Gasteiger partial charge in [-0.2, -0.15) is 0 Å². The van der Waals surface area contributed by atoms with E-state index in [2.05, 4.69) is 4.98 Å². The number of fused-ring (bicyclic) bond motifs is 3. The number of imidazole rings is 1. The Morgan fingerprint density at radius 2 is 1.96 bits per heavy atom. The zero-order valence-electron chi connectivity index (χ0n) is 12.6. The van der Waals surface area contributed by atoms with Crippen molar-refractivity contribution in [2.45, 2.75) is 6.92 Å². The van der Waals surface area contributed by atoms with Crippen molar-refractivity contribution in [2.75, 3.05) is 6.61 Å². The van der Waals surface area contributed by atoms with E-state index in [0.29, 0.717) is 11.1 Å². The van der Waals surface area contributed by atoms with Gasteiger partial charge in [-0.05, 0) is 42.5 Å². The smallest absolute Gasteiger partial charge is 0.357 e. The van der Waals surface area contributed by atoms with Gasteiger partial charge in [0, 0.05) is 5.56 Å². The lowest BCUT2D eigenvalue weighted by molar-refractivity contribution is -0.308. The van der Waals surface area contributed by atoms with Gasteiger partial charge >= 0.3 is 10.5 Å². The molecule has 4 rings (SSSR count). The number of para-hydroxylation sites is 3. The Bertz CT molecular complexity index is 1110. The molecule has 23 heavy (non-hydrogen) atoms. The summed E-state index contributed by atoms with van der Waals surface area (Å²) in [7, 11) is 0. The molecule has 1 N–H and O–H groups in total. The number of ether oxygens (including phenoxy) is 1. The number of aromatic nitrogens is 2. The molecule has 0 aliphatic heterocycles. The van der Waals surface area contributed by atoms with Gasteiger partial charge in [-0.25, -0.2) is 9.78 Å². The Morgan fingerprint density at radius 1 is 1.17 bits per heavy atom. The second-order valence-corrected chi connectivity index (χ2v) is 6.20. The van der Waals surface area contributed by atoms with E-state index in [1.807, 2.05) is 61.5 Å². The van der Waals surface area contributed by atoms with Crippen LogP contribution in [0.2, 0.25) is 0 Å². The summed E-state index contributed by atoms with van der Waals surface area (Å²) in [5, 5.41) is 0. The maximum atomic E-state index is 12.8. The molecule has 2 heterocycles. The molecule has 0 atom stereocenters. The fraction of sp³-hybridized carbons (Fsp3) is 0.111. The zero-order valence-corrected chi connectivity index (χ0v) is 13.4. The molecule has 0 saturated carbocycles. The molecule has 0 amide bonds. The quantitative estimate of drug-likeness (QED) is 0.580. The second-order valence-electron chi connectivity index (χ2n) is 5.17. The molecule has 0 spiro atoms. The first-order valence-electron chi connectivity index (χ1n) is 7.47. The van der Waals surface area contributed by atoms with Gasteiger partial charge in [-0.1, -0.05) is 30.3 Å². The van der Waals surface area contributed by atoms with Gasteiger partial charge in [0.15, 0.2) is 11.0 Å². The van der Waals surface area contributed by atoms with Crippen molar-refractivity contribution in [1.82, 2.24) is 4.40 Å². The van der Waals surface area contributed by atoms with Crippen LogP contribution in [-0.2, 0) is 0 Å². The van der Waals surface area contributed by atoms with Crippen molar-refractivity contribution in [1.29, 1.82) is 0 Å². The number of thiazole rings is 1. The Labute approximate surface area is 136 Å². The molecule has 2 aromatic heterocycles. The highest BCUT2D eigenvalue weighted by atomic mass is 32.1. The molecule has 0 unspecified atom stereocenters. The van der Waals surface area contributed by atoms with Gasteiger partial charge in [0.1, 0.15) is 10.3 Å². The SMILES string of the molecule is CCOc1ccccc1C=c1sc2[nH+]c3ccccc3n2c1=O. The lowest BCUT2D eigenvalue weighted by Gasteiger charge is -2.05. The molecule has 0 fully saturated rings. The molecule has 0 aliphatic carbocycles. The van der Waals surface area contributed by atoms with E-state index in [1.165, 1.54) is 11.3 Å². The molecule has 4 aromatic rings. The van der Waals surface area contributed by atoms with Crippen LogP contribution in [0.4, 0.5) is 0 Å². The molecule has 114 valence electrons. The third-order valence-corrected chi connectivity index (χ3v) is 4.71. The van der Waals surface area contributed by atoms with Crippen LogP contribution in [0, 0.1) is 0 Å². The van der Waals surface area contributed by atoms with Crippen LogP contribution >= 0.6 is 11.3 Å². The van der Waals surface area contributed by atoms with E-state index in [1.54, 1.807) is 4.40 Å². The number of hydrogen-bond donors (Lipinski definition) is 0. The van der Waals surface area contributed by atoms with Crippen LogP contribution < -0.4 is 19.8 Å².